The molecule has 0 aliphatic carbocycles. The predicted octanol–water partition coefficient (Wildman–Crippen LogP) is 2.76. The first-order valence-corrected chi connectivity index (χ1v) is 8.40. The van der Waals surface area contributed by atoms with Crippen LogP contribution in [0.1, 0.15) is 12.0 Å². The molecule has 2 aromatic rings. The second-order valence-electron chi connectivity index (χ2n) is 6.15. The zero-order valence-electron chi connectivity index (χ0n) is 14.6. The van der Waals surface area contributed by atoms with Gasteiger partial charge in [0.25, 0.3) is 0 Å². The number of hydrogen-bond acceptors (Lipinski definition) is 3. The molecular weight excluding hydrogens is 298 g/mol. The van der Waals surface area contributed by atoms with Crippen molar-refractivity contribution in [3.05, 3.63) is 66.2 Å². The number of nitrogens with zero attached hydrogens (tertiary/aromatic N) is 2. The van der Waals surface area contributed by atoms with Gasteiger partial charge in [0, 0.05) is 38.3 Å². The summed E-state index contributed by atoms with van der Waals surface area (Å²) in [6.45, 7) is 3.05. The largest absolute Gasteiger partial charge is 0.367 e. The van der Waals surface area contributed by atoms with Gasteiger partial charge < -0.3 is 15.1 Å². The van der Waals surface area contributed by atoms with Crippen LogP contribution < -0.4 is 10.2 Å². The number of carbonyl (C=O) groups is 1. The molecule has 0 saturated heterocycles. The molecule has 0 spiro atoms. The lowest BCUT2D eigenvalue weighted by molar-refractivity contribution is -0.120. The van der Waals surface area contributed by atoms with Gasteiger partial charge in [-0.15, -0.1) is 0 Å². The van der Waals surface area contributed by atoms with E-state index in [2.05, 4.69) is 39.4 Å². The summed E-state index contributed by atoms with van der Waals surface area (Å²) in [6.07, 6.45) is 0.495. The lowest BCUT2D eigenvalue weighted by Crippen LogP contribution is -2.34. The lowest BCUT2D eigenvalue weighted by Gasteiger charge is -2.25. The second-order valence-corrected chi connectivity index (χ2v) is 6.15. The number of anilines is 1. The smallest absolute Gasteiger partial charge is 0.221 e. The van der Waals surface area contributed by atoms with Crippen molar-refractivity contribution in [3.8, 4) is 0 Å². The lowest BCUT2D eigenvalue weighted by atomic mass is 10.2. The Morgan fingerprint density at radius 1 is 0.917 bits per heavy atom. The Morgan fingerprint density at radius 3 is 2.17 bits per heavy atom. The van der Waals surface area contributed by atoms with Gasteiger partial charge in [-0.05, 0) is 31.8 Å². The van der Waals surface area contributed by atoms with Crippen molar-refractivity contribution in [1.82, 2.24) is 10.2 Å². The van der Waals surface area contributed by atoms with E-state index in [-0.39, 0.29) is 5.91 Å². The Bertz CT molecular complexity index is 599. The van der Waals surface area contributed by atoms with Gasteiger partial charge >= 0.3 is 0 Å². The highest BCUT2D eigenvalue weighted by Gasteiger charge is 2.10. The molecule has 0 atom stereocenters. The molecular formula is C20H27N3O. The Balaban J connectivity index is 1.93. The van der Waals surface area contributed by atoms with Gasteiger partial charge in [0.05, 0.1) is 0 Å². The van der Waals surface area contributed by atoms with Crippen molar-refractivity contribution in [1.29, 1.82) is 0 Å². The number of carbonyl (C=O) groups excluding carboxylic acids is 1. The number of para-hydroxylation sites is 1. The summed E-state index contributed by atoms with van der Waals surface area (Å²) in [5, 5.41) is 2.98. The van der Waals surface area contributed by atoms with Crippen LogP contribution >= 0.6 is 0 Å². The Kier molecular flexibility index (Phi) is 7.30. The minimum absolute atomic E-state index is 0.103. The second kappa shape index (κ2) is 9.73. The molecule has 0 fully saturated rings. The van der Waals surface area contributed by atoms with E-state index in [0.717, 1.165) is 18.8 Å². The molecule has 1 amide bonds. The van der Waals surface area contributed by atoms with Crippen molar-refractivity contribution in [2.75, 3.05) is 38.6 Å². The zero-order chi connectivity index (χ0) is 17.2. The van der Waals surface area contributed by atoms with Crippen LogP contribution in [0.15, 0.2) is 60.7 Å². The summed E-state index contributed by atoms with van der Waals surface area (Å²) in [5.41, 5.74) is 2.39. The molecule has 0 aromatic heterocycles. The van der Waals surface area contributed by atoms with Crippen LogP contribution in [0.4, 0.5) is 5.69 Å². The minimum Gasteiger partial charge on any atom is -0.367 e. The first kappa shape index (κ1) is 18.0. The van der Waals surface area contributed by atoms with E-state index in [0.29, 0.717) is 19.5 Å². The maximum atomic E-state index is 12.1. The molecule has 0 aliphatic rings. The Morgan fingerprint density at radius 2 is 1.54 bits per heavy atom. The molecule has 0 unspecified atom stereocenters. The molecule has 0 radical (unpaired) electrons. The van der Waals surface area contributed by atoms with E-state index in [1.54, 1.807) is 0 Å². The van der Waals surface area contributed by atoms with Crippen LogP contribution in [0, 0.1) is 0 Å². The van der Waals surface area contributed by atoms with Gasteiger partial charge in [-0.2, -0.15) is 0 Å². The summed E-state index contributed by atoms with van der Waals surface area (Å²) in [7, 11) is 4.01. The normalized spacial score (nSPS) is 10.6. The van der Waals surface area contributed by atoms with Crippen molar-refractivity contribution >= 4 is 11.6 Å². The third kappa shape index (κ3) is 6.42. The van der Waals surface area contributed by atoms with E-state index in [9.17, 15) is 4.79 Å². The molecule has 2 aromatic carbocycles. The molecule has 0 heterocycles. The fraction of sp³-hybridized carbons (Fsp3) is 0.350. The molecule has 2 rings (SSSR count). The molecule has 24 heavy (non-hydrogen) atoms. The van der Waals surface area contributed by atoms with Crippen LogP contribution in [0.25, 0.3) is 0 Å². The topological polar surface area (TPSA) is 35.6 Å². The van der Waals surface area contributed by atoms with Gasteiger partial charge in [-0.25, -0.2) is 0 Å². The average Bonchev–Trinajstić information content (AvgIpc) is 2.60. The first-order chi connectivity index (χ1) is 11.6. The molecule has 4 nitrogen and oxygen atoms in total. The van der Waals surface area contributed by atoms with E-state index >= 15 is 0 Å². The highest BCUT2D eigenvalue weighted by atomic mass is 16.1. The van der Waals surface area contributed by atoms with E-state index in [4.69, 9.17) is 0 Å². The molecule has 0 bridgehead atoms. The van der Waals surface area contributed by atoms with Crippen LogP contribution in [0.2, 0.25) is 0 Å². The van der Waals surface area contributed by atoms with E-state index < -0.39 is 0 Å². The van der Waals surface area contributed by atoms with Gasteiger partial charge in [0.1, 0.15) is 0 Å². The van der Waals surface area contributed by atoms with E-state index in [1.165, 1.54) is 5.56 Å². The SMILES string of the molecule is CN(C)CCNC(=O)CCN(Cc1ccccc1)c1ccccc1. The van der Waals surface area contributed by atoms with Crippen LogP contribution in [0.3, 0.4) is 0 Å². The van der Waals surface area contributed by atoms with Crippen molar-refractivity contribution in [2.24, 2.45) is 0 Å². The molecule has 128 valence electrons. The van der Waals surface area contributed by atoms with Crippen molar-refractivity contribution in [2.45, 2.75) is 13.0 Å². The number of rotatable bonds is 9. The average molecular weight is 325 g/mol. The van der Waals surface area contributed by atoms with Gasteiger partial charge in [0.15, 0.2) is 0 Å². The van der Waals surface area contributed by atoms with Crippen LogP contribution in [0.5, 0.6) is 0 Å². The number of hydrogen-bond donors (Lipinski definition) is 1. The maximum absolute atomic E-state index is 12.1. The van der Waals surface area contributed by atoms with Crippen molar-refractivity contribution in [3.63, 3.8) is 0 Å². The zero-order valence-corrected chi connectivity index (χ0v) is 14.6. The van der Waals surface area contributed by atoms with Gasteiger partial charge in [-0.1, -0.05) is 48.5 Å². The predicted molar refractivity (Wildman–Crippen MR) is 100 cm³/mol. The van der Waals surface area contributed by atoms with Gasteiger partial charge in [0.2, 0.25) is 5.91 Å². The number of likely N-dealkylation sites (N-methyl/N-ethyl adjacent to an activating group) is 1. The number of amides is 1. The summed E-state index contributed by atoms with van der Waals surface area (Å²) in [5.74, 6) is 0.103. The first-order valence-electron chi connectivity index (χ1n) is 8.40. The van der Waals surface area contributed by atoms with Crippen molar-refractivity contribution < 1.29 is 4.79 Å². The molecule has 1 N–H and O–H groups in total. The summed E-state index contributed by atoms with van der Waals surface area (Å²) in [4.78, 5) is 16.4. The maximum Gasteiger partial charge on any atom is 0.221 e. The fourth-order valence-electron chi connectivity index (χ4n) is 2.49. The summed E-state index contributed by atoms with van der Waals surface area (Å²) >= 11 is 0. The highest BCUT2D eigenvalue weighted by molar-refractivity contribution is 5.76. The Hall–Kier alpha value is -2.33. The summed E-state index contributed by atoms with van der Waals surface area (Å²) in [6, 6.07) is 20.6. The highest BCUT2D eigenvalue weighted by Crippen LogP contribution is 2.17. The monoisotopic (exact) mass is 325 g/mol. The molecule has 0 saturated carbocycles. The molecule has 0 aliphatic heterocycles. The number of benzene rings is 2. The molecule has 4 heteroatoms. The fourth-order valence-corrected chi connectivity index (χ4v) is 2.49. The third-order valence-electron chi connectivity index (χ3n) is 3.83. The number of nitrogens with one attached hydrogen (secondary N) is 1. The minimum atomic E-state index is 0.103. The van der Waals surface area contributed by atoms with Crippen LogP contribution in [-0.4, -0.2) is 44.5 Å². The van der Waals surface area contributed by atoms with E-state index in [1.807, 2.05) is 50.5 Å². The third-order valence-corrected chi connectivity index (χ3v) is 3.83. The summed E-state index contributed by atoms with van der Waals surface area (Å²) < 4.78 is 0. The Labute approximate surface area is 145 Å². The quantitative estimate of drug-likeness (QED) is 0.770. The standard InChI is InChI=1S/C20H27N3O/c1-22(2)16-14-21-20(24)13-15-23(19-11-7-4-8-12-19)17-18-9-5-3-6-10-18/h3-12H,13-17H2,1-2H3,(H,21,24). The van der Waals surface area contributed by atoms with Crippen LogP contribution in [-0.2, 0) is 11.3 Å². The van der Waals surface area contributed by atoms with Gasteiger partial charge in [-0.3, -0.25) is 4.79 Å².